The highest BCUT2D eigenvalue weighted by atomic mass is 19.2. The molecule has 0 heterocycles. The van der Waals surface area contributed by atoms with E-state index in [1.165, 1.54) is 30.3 Å². The lowest BCUT2D eigenvalue weighted by molar-refractivity contribution is -0.00322. The number of hydrogen-bond donors (Lipinski definition) is 0. The van der Waals surface area contributed by atoms with Crippen LogP contribution in [0.15, 0.2) is 36.4 Å². The van der Waals surface area contributed by atoms with E-state index in [2.05, 4.69) is 0 Å². The van der Waals surface area contributed by atoms with Crippen LogP contribution >= 0.6 is 0 Å². The molecule has 3 aromatic rings. The molecule has 0 spiro atoms. The Bertz CT molecular complexity index is 1460. The molecule has 3 aromatic carbocycles. The fraction of sp³-hybridized carbons (Fsp3) is 0.500. The zero-order chi connectivity index (χ0) is 32.1. The number of ether oxygens (including phenoxy) is 3. The van der Waals surface area contributed by atoms with Crippen LogP contribution in [-0.2, 0) is 11.3 Å². The average molecular weight is 635 g/mol. The molecule has 2 saturated carbocycles. The topological polar surface area (TPSA) is 27.7 Å². The van der Waals surface area contributed by atoms with E-state index < -0.39 is 34.9 Å². The molecule has 0 aliphatic heterocycles. The van der Waals surface area contributed by atoms with Gasteiger partial charge in [0, 0.05) is 16.7 Å². The molecule has 0 bridgehead atoms. The maximum absolute atomic E-state index is 15.0. The lowest BCUT2D eigenvalue weighted by Crippen LogP contribution is -2.28. The Kier molecular flexibility index (Phi) is 11.0. The van der Waals surface area contributed by atoms with Gasteiger partial charge in [0.25, 0.3) is 0 Å². The molecule has 2 aliphatic carbocycles. The minimum atomic E-state index is -1.30. The molecule has 9 heteroatoms. The zero-order valence-corrected chi connectivity index (χ0v) is 25.8. The van der Waals surface area contributed by atoms with Gasteiger partial charge < -0.3 is 14.2 Å². The highest BCUT2D eigenvalue weighted by Crippen LogP contribution is 2.44. The van der Waals surface area contributed by atoms with E-state index in [4.69, 9.17) is 14.2 Å². The van der Waals surface area contributed by atoms with Crippen LogP contribution < -0.4 is 9.47 Å². The van der Waals surface area contributed by atoms with E-state index in [0.29, 0.717) is 23.8 Å². The van der Waals surface area contributed by atoms with Gasteiger partial charge in [-0.15, -0.1) is 0 Å². The minimum absolute atomic E-state index is 0.0116. The molecule has 2 aliphatic rings. The van der Waals surface area contributed by atoms with Crippen LogP contribution in [-0.4, -0.2) is 19.3 Å². The van der Waals surface area contributed by atoms with Crippen LogP contribution in [0.5, 0.6) is 11.5 Å². The molecule has 5 rings (SSSR count). The van der Waals surface area contributed by atoms with Crippen LogP contribution in [0.1, 0.15) is 88.7 Å². The lowest BCUT2D eigenvalue weighted by atomic mass is 9.69. The van der Waals surface area contributed by atoms with E-state index in [0.717, 1.165) is 51.4 Å². The maximum Gasteiger partial charge on any atom is 0.201 e. The van der Waals surface area contributed by atoms with Gasteiger partial charge in [-0.2, -0.15) is 8.78 Å². The molecule has 0 aromatic heterocycles. The van der Waals surface area contributed by atoms with Crippen LogP contribution in [0.2, 0.25) is 0 Å². The second kappa shape index (κ2) is 14.9. The molecule has 0 N–H and O–H groups in total. The number of benzene rings is 3. The van der Waals surface area contributed by atoms with Crippen molar-refractivity contribution in [3.8, 4) is 22.6 Å². The third-order valence-corrected chi connectivity index (χ3v) is 9.41. The van der Waals surface area contributed by atoms with Crippen molar-refractivity contribution in [3.63, 3.8) is 0 Å². The predicted octanol–water partition coefficient (Wildman–Crippen LogP) is 10.4. The highest BCUT2D eigenvalue weighted by Gasteiger charge is 2.33. The Labute approximate surface area is 260 Å². The zero-order valence-electron chi connectivity index (χ0n) is 25.8. The fourth-order valence-corrected chi connectivity index (χ4v) is 6.94. The quantitative estimate of drug-likeness (QED) is 0.197. The van der Waals surface area contributed by atoms with Crippen LogP contribution in [0.4, 0.5) is 26.3 Å². The predicted molar refractivity (Wildman–Crippen MR) is 160 cm³/mol. The van der Waals surface area contributed by atoms with Gasteiger partial charge in [0.2, 0.25) is 11.6 Å². The summed E-state index contributed by atoms with van der Waals surface area (Å²) in [5.74, 6) is -5.99. The van der Waals surface area contributed by atoms with Crippen molar-refractivity contribution in [3.05, 3.63) is 82.4 Å². The van der Waals surface area contributed by atoms with Gasteiger partial charge >= 0.3 is 0 Å². The van der Waals surface area contributed by atoms with Crippen LogP contribution in [0, 0.1) is 46.7 Å². The van der Waals surface area contributed by atoms with Gasteiger partial charge in [0.05, 0.1) is 25.9 Å². The summed E-state index contributed by atoms with van der Waals surface area (Å²) in [5.41, 5.74) is -0.321. The second-order valence-corrected chi connectivity index (χ2v) is 12.2. The summed E-state index contributed by atoms with van der Waals surface area (Å²) in [6.07, 6.45) is 7.51. The number of rotatable bonds is 11. The molecule has 0 atom stereocenters. The Morgan fingerprint density at radius 2 is 1.13 bits per heavy atom. The third-order valence-electron chi connectivity index (χ3n) is 9.41. The first-order valence-corrected chi connectivity index (χ1v) is 16.0. The monoisotopic (exact) mass is 634 g/mol. The summed E-state index contributed by atoms with van der Waals surface area (Å²) >= 11 is 0. The molecular formula is C36H40F6O3. The maximum atomic E-state index is 15.0. The highest BCUT2D eigenvalue weighted by molar-refractivity contribution is 5.66. The molecule has 2 fully saturated rings. The van der Waals surface area contributed by atoms with Crippen molar-refractivity contribution in [1.29, 1.82) is 0 Å². The SMILES string of the molecule is CCCOc1ccc(-c2ccc(COC3CCC(C4CCC(c5ccc(OCC)c(F)c5F)CC4)CC3)c(F)c2F)c(F)c1F. The van der Waals surface area contributed by atoms with Crippen molar-refractivity contribution < 1.29 is 40.6 Å². The first-order chi connectivity index (χ1) is 21.7. The van der Waals surface area contributed by atoms with Crippen LogP contribution in [0.25, 0.3) is 11.1 Å². The summed E-state index contributed by atoms with van der Waals surface area (Å²) in [4.78, 5) is 0. The Morgan fingerprint density at radius 3 is 1.78 bits per heavy atom. The van der Waals surface area contributed by atoms with Crippen molar-refractivity contribution in [2.24, 2.45) is 11.8 Å². The fourth-order valence-electron chi connectivity index (χ4n) is 6.94. The Morgan fingerprint density at radius 1 is 0.578 bits per heavy atom. The van der Waals surface area contributed by atoms with E-state index >= 15 is 4.39 Å². The number of hydrogen-bond acceptors (Lipinski definition) is 3. The molecule has 0 unspecified atom stereocenters. The Hall–Kier alpha value is -3.20. The van der Waals surface area contributed by atoms with Crippen molar-refractivity contribution in [2.45, 2.75) is 90.3 Å². The van der Waals surface area contributed by atoms with Gasteiger partial charge in [-0.1, -0.05) is 25.1 Å². The largest absolute Gasteiger partial charge is 0.491 e. The van der Waals surface area contributed by atoms with E-state index in [1.54, 1.807) is 13.0 Å². The van der Waals surface area contributed by atoms with Gasteiger partial charge in [-0.05, 0) is 106 Å². The molecule has 244 valence electrons. The summed E-state index contributed by atoms with van der Waals surface area (Å²) in [5, 5.41) is 0. The molecular weight excluding hydrogens is 594 g/mol. The van der Waals surface area contributed by atoms with Gasteiger partial charge in [0.1, 0.15) is 0 Å². The van der Waals surface area contributed by atoms with E-state index in [1.807, 2.05) is 6.92 Å². The third kappa shape index (κ3) is 7.29. The first-order valence-electron chi connectivity index (χ1n) is 16.0. The number of halogens is 6. The van der Waals surface area contributed by atoms with E-state index in [-0.39, 0.29) is 60.0 Å². The Balaban J connectivity index is 1.12. The molecule has 0 radical (unpaired) electrons. The normalized spacial score (nSPS) is 22.0. The lowest BCUT2D eigenvalue weighted by Gasteiger charge is -2.38. The summed E-state index contributed by atoms with van der Waals surface area (Å²) in [6.45, 7) is 3.90. The summed E-state index contributed by atoms with van der Waals surface area (Å²) in [6, 6.07) is 8.14. The molecule has 3 nitrogen and oxygen atoms in total. The second-order valence-electron chi connectivity index (χ2n) is 12.2. The molecule has 0 saturated heterocycles. The van der Waals surface area contributed by atoms with E-state index in [9.17, 15) is 22.0 Å². The standard InChI is InChI=1S/C36H40F6O3/c1-3-19-44-30-18-16-28(34(40)36(30)42)27-14-11-24(31(37)33(27)39)20-45-25-12-9-22(10-13-25)21-5-7-23(8-6-21)26-15-17-29(43-4-2)35(41)32(26)38/h11,14-18,21-23,25H,3-10,12-13,19-20H2,1-2H3. The molecule has 45 heavy (non-hydrogen) atoms. The van der Waals surface area contributed by atoms with Crippen LogP contribution in [0.3, 0.4) is 0 Å². The average Bonchev–Trinajstić information content (AvgIpc) is 3.05. The minimum Gasteiger partial charge on any atom is -0.491 e. The van der Waals surface area contributed by atoms with Crippen molar-refractivity contribution >= 4 is 0 Å². The van der Waals surface area contributed by atoms with Gasteiger partial charge in [-0.25, -0.2) is 17.6 Å². The van der Waals surface area contributed by atoms with Crippen molar-refractivity contribution in [2.75, 3.05) is 13.2 Å². The molecule has 0 amide bonds. The first kappa shape index (κ1) is 33.2. The van der Waals surface area contributed by atoms with Crippen molar-refractivity contribution in [1.82, 2.24) is 0 Å². The summed E-state index contributed by atoms with van der Waals surface area (Å²) < 4.78 is 105. The summed E-state index contributed by atoms with van der Waals surface area (Å²) in [7, 11) is 0. The van der Waals surface area contributed by atoms with Gasteiger partial charge in [-0.3, -0.25) is 0 Å². The smallest absolute Gasteiger partial charge is 0.201 e. The van der Waals surface area contributed by atoms with Gasteiger partial charge in [0.15, 0.2) is 34.8 Å².